The first-order valence-corrected chi connectivity index (χ1v) is 6.81. The average Bonchev–Trinajstić information content (AvgIpc) is 2.49. The Morgan fingerprint density at radius 3 is 2.25 bits per heavy atom. The molecule has 1 amide bonds. The van der Waals surface area contributed by atoms with Crippen LogP contribution in [0.3, 0.4) is 0 Å². The van der Waals surface area contributed by atoms with Crippen LogP contribution >= 0.6 is 0 Å². The lowest BCUT2D eigenvalue weighted by atomic mass is 10.1. The zero-order chi connectivity index (χ0) is 14.2. The molecule has 0 atom stereocenters. The number of rotatable bonds is 5. The minimum Gasteiger partial charge on any atom is -0.352 e. The first kappa shape index (κ1) is 14.1. The number of benzene rings is 2. The summed E-state index contributed by atoms with van der Waals surface area (Å²) in [5.74, 6) is -0.00946. The zero-order valence-electron chi connectivity index (χ0n) is 11.7. The second-order valence-electron chi connectivity index (χ2n) is 4.73. The molecule has 0 aliphatic carbocycles. The number of carbonyl (C=O) groups excluding carboxylic acids is 1. The normalized spacial score (nSPS) is 11.2. The van der Waals surface area contributed by atoms with Gasteiger partial charge in [0.1, 0.15) is 0 Å². The van der Waals surface area contributed by atoms with Crippen molar-refractivity contribution >= 4 is 12.0 Å². The van der Waals surface area contributed by atoms with Crippen LogP contribution in [0.25, 0.3) is 6.08 Å². The van der Waals surface area contributed by atoms with Crippen molar-refractivity contribution in [3.8, 4) is 0 Å². The smallest absolute Gasteiger partial charge is 0.246 e. The van der Waals surface area contributed by atoms with Gasteiger partial charge in [0.25, 0.3) is 0 Å². The highest BCUT2D eigenvalue weighted by atomic mass is 16.1. The molecule has 102 valence electrons. The molecule has 0 bridgehead atoms. The van der Waals surface area contributed by atoms with Gasteiger partial charge >= 0.3 is 0 Å². The fraction of sp³-hybridized carbons (Fsp3) is 0.167. The van der Waals surface area contributed by atoms with E-state index in [0.717, 1.165) is 17.6 Å². The molecule has 20 heavy (non-hydrogen) atoms. The van der Waals surface area contributed by atoms with Crippen LogP contribution < -0.4 is 5.32 Å². The van der Waals surface area contributed by atoms with E-state index in [2.05, 4.69) is 17.4 Å². The van der Waals surface area contributed by atoms with Crippen molar-refractivity contribution in [3.63, 3.8) is 0 Å². The van der Waals surface area contributed by atoms with Gasteiger partial charge in [-0.2, -0.15) is 0 Å². The van der Waals surface area contributed by atoms with E-state index in [-0.39, 0.29) is 5.91 Å². The number of amides is 1. The number of nitrogens with one attached hydrogen (secondary N) is 1. The molecule has 0 fully saturated rings. The fourth-order valence-corrected chi connectivity index (χ4v) is 1.97. The van der Waals surface area contributed by atoms with Gasteiger partial charge < -0.3 is 5.32 Å². The highest BCUT2D eigenvalue weighted by Gasteiger charge is 2.03. The maximum absolute atomic E-state index is 12.0. The average molecular weight is 265 g/mol. The molecule has 0 saturated heterocycles. The molecule has 0 unspecified atom stereocenters. The summed E-state index contributed by atoms with van der Waals surface area (Å²) >= 11 is 0. The Labute approximate surface area is 120 Å². The van der Waals surface area contributed by atoms with Crippen molar-refractivity contribution in [1.82, 2.24) is 5.32 Å². The van der Waals surface area contributed by atoms with Gasteiger partial charge in [0.2, 0.25) is 5.91 Å². The van der Waals surface area contributed by atoms with E-state index in [1.54, 1.807) is 0 Å². The van der Waals surface area contributed by atoms with E-state index in [1.165, 1.54) is 5.56 Å². The topological polar surface area (TPSA) is 29.1 Å². The number of carbonyl (C=O) groups is 1. The molecular weight excluding hydrogens is 246 g/mol. The van der Waals surface area contributed by atoms with Gasteiger partial charge in [-0.15, -0.1) is 0 Å². The Morgan fingerprint density at radius 1 is 1.00 bits per heavy atom. The van der Waals surface area contributed by atoms with E-state index in [4.69, 9.17) is 0 Å². The minimum absolute atomic E-state index is 0.00946. The summed E-state index contributed by atoms with van der Waals surface area (Å²) in [5.41, 5.74) is 3.00. The SMILES string of the molecule is C/C(=C\c1ccccc1)C(=O)NCCc1ccccc1. The molecule has 2 aromatic carbocycles. The van der Waals surface area contributed by atoms with E-state index in [1.807, 2.05) is 61.5 Å². The third-order valence-corrected chi connectivity index (χ3v) is 3.08. The highest BCUT2D eigenvalue weighted by Crippen LogP contribution is 2.06. The maximum atomic E-state index is 12.0. The predicted molar refractivity (Wildman–Crippen MR) is 83.2 cm³/mol. The van der Waals surface area contributed by atoms with Crippen LogP contribution in [0, 0.1) is 0 Å². The zero-order valence-corrected chi connectivity index (χ0v) is 11.7. The van der Waals surface area contributed by atoms with Gasteiger partial charge in [-0.25, -0.2) is 0 Å². The third kappa shape index (κ3) is 4.39. The summed E-state index contributed by atoms with van der Waals surface area (Å²) in [5, 5.41) is 2.94. The second kappa shape index (κ2) is 7.29. The summed E-state index contributed by atoms with van der Waals surface area (Å²) in [6.07, 6.45) is 2.75. The standard InChI is InChI=1S/C18H19NO/c1-15(14-17-10-6-3-7-11-17)18(20)19-13-12-16-8-4-2-5-9-16/h2-11,14H,12-13H2,1H3,(H,19,20)/b15-14+. The molecule has 0 heterocycles. The second-order valence-corrected chi connectivity index (χ2v) is 4.73. The van der Waals surface area contributed by atoms with Crippen LogP contribution in [0.5, 0.6) is 0 Å². The monoisotopic (exact) mass is 265 g/mol. The van der Waals surface area contributed by atoms with Crippen LogP contribution in [0.1, 0.15) is 18.1 Å². The lowest BCUT2D eigenvalue weighted by Gasteiger charge is -2.05. The molecule has 2 aromatic rings. The minimum atomic E-state index is -0.00946. The molecular formula is C18H19NO. The molecule has 2 rings (SSSR count). The van der Waals surface area contributed by atoms with Crippen LogP contribution in [0.15, 0.2) is 66.2 Å². The van der Waals surface area contributed by atoms with Crippen molar-refractivity contribution < 1.29 is 4.79 Å². The van der Waals surface area contributed by atoms with Crippen molar-refractivity contribution in [2.24, 2.45) is 0 Å². The Bertz CT molecular complexity index is 573. The van der Waals surface area contributed by atoms with Crippen LogP contribution in [-0.4, -0.2) is 12.5 Å². The van der Waals surface area contributed by atoms with Crippen molar-refractivity contribution in [1.29, 1.82) is 0 Å². The fourth-order valence-electron chi connectivity index (χ4n) is 1.97. The lowest BCUT2D eigenvalue weighted by Crippen LogP contribution is -2.26. The van der Waals surface area contributed by atoms with Crippen molar-refractivity contribution in [2.75, 3.05) is 6.54 Å². The maximum Gasteiger partial charge on any atom is 0.246 e. The highest BCUT2D eigenvalue weighted by molar-refractivity contribution is 5.97. The van der Waals surface area contributed by atoms with Gasteiger partial charge in [0.15, 0.2) is 0 Å². The quantitative estimate of drug-likeness (QED) is 0.824. The summed E-state index contributed by atoms with van der Waals surface area (Å²) in [4.78, 5) is 12.0. The van der Waals surface area contributed by atoms with Crippen LogP contribution in [0.4, 0.5) is 0 Å². The Morgan fingerprint density at radius 2 is 1.60 bits per heavy atom. The number of hydrogen-bond donors (Lipinski definition) is 1. The van der Waals surface area contributed by atoms with Gasteiger partial charge in [-0.1, -0.05) is 60.7 Å². The summed E-state index contributed by atoms with van der Waals surface area (Å²) in [7, 11) is 0. The van der Waals surface area contributed by atoms with E-state index in [0.29, 0.717) is 6.54 Å². The largest absolute Gasteiger partial charge is 0.352 e. The van der Waals surface area contributed by atoms with E-state index in [9.17, 15) is 4.79 Å². The molecule has 0 aliphatic rings. The van der Waals surface area contributed by atoms with E-state index < -0.39 is 0 Å². The van der Waals surface area contributed by atoms with Crippen molar-refractivity contribution in [3.05, 3.63) is 77.4 Å². The predicted octanol–water partition coefficient (Wildman–Crippen LogP) is 3.45. The Balaban J connectivity index is 1.84. The first-order valence-electron chi connectivity index (χ1n) is 6.81. The Hall–Kier alpha value is -2.35. The molecule has 2 heteroatoms. The summed E-state index contributed by atoms with van der Waals surface area (Å²) < 4.78 is 0. The molecule has 0 aromatic heterocycles. The lowest BCUT2D eigenvalue weighted by molar-refractivity contribution is -0.117. The van der Waals surface area contributed by atoms with Gasteiger partial charge in [0.05, 0.1) is 0 Å². The first-order chi connectivity index (χ1) is 9.75. The van der Waals surface area contributed by atoms with Gasteiger partial charge in [0, 0.05) is 12.1 Å². The molecule has 0 spiro atoms. The van der Waals surface area contributed by atoms with Crippen LogP contribution in [0.2, 0.25) is 0 Å². The molecule has 1 N–H and O–H groups in total. The number of hydrogen-bond acceptors (Lipinski definition) is 1. The van der Waals surface area contributed by atoms with Crippen molar-refractivity contribution in [2.45, 2.75) is 13.3 Å². The summed E-state index contributed by atoms with van der Waals surface area (Å²) in [6.45, 7) is 2.49. The molecule has 0 aliphatic heterocycles. The Kier molecular flexibility index (Phi) is 5.13. The van der Waals surface area contributed by atoms with Crippen LogP contribution in [-0.2, 0) is 11.2 Å². The van der Waals surface area contributed by atoms with Gasteiger partial charge in [-0.3, -0.25) is 4.79 Å². The van der Waals surface area contributed by atoms with Gasteiger partial charge in [-0.05, 0) is 30.5 Å². The van der Waals surface area contributed by atoms with E-state index >= 15 is 0 Å². The molecule has 2 nitrogen and oxygen atoms in total. The molecule has 0 radical (unpaired) electrons. The molecule has 0 saturated carbocycles. The third-order valence-electron chi connectivity index (χ3n) is 3.08. The summed E-state index contributed by atoms with van der Waals surface area (Å²) in [6, 6.07) is 20.0.